The van der Waals surface area contributed by atoms with E-state index in [0.717, 1.165) is 70.6 Å². The van der Waals surface area contributed by atoms with Crippen molar-refractivity contribution >= 4 is 5.97 Å². The van der Waals surface area contributed by atoms with Crippen LogP contribution in [0.15, 0.2) is 11.6 Å². The Kier molecular flexibility index (Phi) is 9.97. The summed E-state index contributed by atoms with van der Waals surface area (Å²) < 4.78 is 12.0. The first-order valence-electron chi connectivity index (χ1n) is 20.6. The molecule has 2 bridgehead atoms. The molecule has 0 aromatic rings. The topological polar surface area (TPSA) is 177 Å². The molecule has 16 unspecified atom stereocenters. The Morgan fingerprint density at radius 3 is 2.33 bits per heavy atom. The number of aliphatic hydroxyl groups is 6. The third kappa shape index (κ3) is 4.99. The second kappa shape index (κ2) is 13.2. The van der Waals surface area contributed by atoms with Gasteiger partial charge in [0.1, 0.15) is 18.3 Å². The quantitative estimate of drug-likeness (QED) is 0.0975. The van der Waals surface area contributed by atoms with Crippen LogP contribution in [0.25, 0.3) is 0 Å². The first-order chi connectivity index (χ1) is 24.5. The smallest absolute Gasteiger partial charge is 0.310 e. The number of carbonyl (C=O) groups is 1. The van der Waals surface area contributed by atoms with Crippen LogP contribution in [0.2, 0.25) is 0 Å². The Morgan fingerprint density at radius 2 is 1.65 bits per heavy atom. The summed E-state index contributed by atoms with van der Waals surface area (Å²) in [7, 11) is 0. The molecular formula is C42H68O10. The van der Waals surface area contributed by atoms with Gasteiger partial charge >= 0.3 is 5.97 Å². The summed E-state index contributed by atoms with van der Waals surface area (Å²) >= 11 is 0. The predicted molar refractivity (Wildman–Crippen MR) is 194 cm³/mol. The second-order valence-electron chi connectivity index (χ2n) is 19.9. The van der Waals surface area contributed by atoms with Crippen LogP contribution in [-0.2, 0) is 14.3 Å². The van der Waals surface area contributed by atoms with Gasteiger partial charge in [0.25, 0.3) is 0 Å². The zero-order valence-corrected chi connectivity index (χ0v) is 32.4. The van der Waals surface area contributed by atoms with Crippen LogP contribution in [0, 0.1) is 55.7 Å². The highest BCUT2D eigenvalue weighted by molar-refractivity contribution is 5.77. The van der Waals surface area contributed by atoms with Gasteiger partial charge in [0.15, 0.2) is 6.29 Å². The van der Waals surface area contributed by atoms with Crippen molar-refractivity contribution in [2.24, 2.45) is 55.7 Å². The molecule has 16 atom stereocenters. The lowest BCUT2D eigenvalue weighted by molar-refractivity contribution is -0.345. The van der Waals surface area contributed by atoms with Gasteiger partial charge in [-0.15, -0.1) is 0 Å². The Morgan fingerprint density at radius 1 is 0.904 bits per heavy atom. The van der Waals surface area contributed by atoms with Crippen molar-refractivity contribution in [3.05, 3.63) is 11.6 Å². The number of rotatable bonds is 9. The van der Waals surface area contributed by atoms with Crippen LogP contribution in [0.5, 0.6) is 0 Å². The number of hydrogen-bond acceptors (Lipinski definition) is 9. The molecule has 7 rings (SSSR count). The Bertz CT molecular complexity index is 1400. The van der Waals surface area contributed by atoms with E-state index in [9.17, 15) is 40.5 Å². The lowest BCUT2D eigenvalue weighted by Gasteiger charge is -2.80. The van der Waals surface area contributed by atoms with Crippen molar-refractivity contribution in [3.8, 4) is 0 Å². The normalized spacial score (nSPS) is 54.2. The summed E-state index contributed by atoms with van der Waals surface area (Å²) in [6.45, 7) is 10.9. The van der Waals surface area contributed by atoms with Crippen molar-refractivity contribution in [2.45, 2.75) is 168 Å². The summed E-state index contributed by atoms with van der Waals surface area (Å²) in [5, 5.41) is 76.6. The summed E-state index contributed by atoms with van der Waals surface area (Å²) in [5.41, 5.74) is -1.63. The highest BCUT2D eigenvalue weighted by Crippen LogP contribution is 2.85. The first-order valence-corrected chi connectivity index (χ1v) is 20.6. The highest BCUT2D eigenvalue weighted by atomic mass is 16.7. The molecule has 52 heavy (non-hydrogen) atoms. The zero-order valence-electron chi connectivity index (χ0n) is 32.4. The van der Waals surface area contributed by atoms with Crippen LogP contribution < -0.4 is 0 Å². The molecule has 6 aliphatic carbocycles. The summed E-state index contributed by atoms with van der Waals surface area (Å²) in [6, 6.07) is 0. The van der Waals surface area contributed by atoms with Gasteiger partial charge in [0, 0.05) is 17.4 Å². The van der Waals surface area contributed by atoms with E-state index in [1.165, 1.54) is 5.57 Å². The lowest BCUT2D eigenvalue weighted by atomic mass is 9.24. The Labute approximate surface area is 310 Å². The highest BCUT2D eigenvalue weighted by Gasteiger charge is 2.79. The van der Waals surface area contributed by atoms with Gasteiger partial charge in [-0.3, -0.25) is 4.79 Å². The number of fused-ring (bicyclic) bond motifs is 3. The number of allylic oxidation sites excluding steroid dienone is 2. The van der Waals surface area contributed by atoms with Crippen LogP contribution in [0.1, 0.15) is 131 Å². The van der Waals surface area contributed by atoms with Crippen molar-refractivity contribution < 1.29 is 50.0 Å². The predicted octanol–water partition coefficient (Wildman–Crippen LogP) is 4.95. The van der Waals surface area contributed by atoms with E-state index in [1.54, 1.807) is 0 Å². The minimum atomic E-state index is -1.50. The molecule has 1 spiro atoms. The van der Waals surface area contributed by atoms with Gasteiger partial charge in [0.2, 0.25) is 0 Å². The van der Waals surface area contributed by atoms with Gasteiger partial charge < -0.3 is 45.2 Å². The summed E-state index contributed by atoms with van der Waals surface area (Å²) in [4.78, 5) is 13.6. The monoisotopic (exact) mass is 732 g/mol. The third-order valence-corrected chi connectivity index (χ3v) is 17.9. The van der Waals surface area contributed by atoms with Gasteiger partial charge in [-0.25, -0.2) is 0 Å². The van der Waals surface area contributed by atoms with Crippen molar-refractivity contribution in [1.82, 2.24) is 0 Å². The summed E-state index contributed by atoms with van der Waals surface area (Å²) in [6.07, 6.45) is 8.25. The molecular weight excluding hydrogens is 664 g/mol. The van der Waals surface area contributed by atoms with Crippen LogP contribution in [-0.4, -0.2) is 98.3 Å². The molecule has 10 nitrogen and oxygen atoms in total. The zero-order chi connectivity index (χ0) is 37.7. The van der Waals surface area contributed by atoms with Crippen LogP contribution in [0.4, 0.5) is 0 Å². The first kappa shape index (κ1) is 39.1. The van der Waals surface area contributed by atoms with E-state index in [4.69, 9.17) is 9.47 Å². The number of ether oxygens (including phenoxy) is 2. The standard InChI is InChI=1S/C42H68O10/c1-6-7-8-10-25-19-40(35(49)50)18-17-36(2,23-43)20-27(40)26-11-16-41-13-9-14-42(25,26)39(41,5)15-12-30-37(3,24-44)33(28(45)21-38(30,41)4)52-34-32(48)31(47)29(46)22-51-34/h11,25,27-34,43-48H,6-10,12-24H2,1-5H3,(H,49,50). The minimum absolute atomic E-state index is 0.0274. The van der Waals surface area contributed by atoms with Crippen molar-refractivity contribution in [1.29, 1.82) is 0 Å². The molecule has 5 saturated carbocycles. The molecule has 10 heteroatoms. The molecule has 0 amide bonds. The molecule has 0 aromatic heterocycles. The lowest BCUT2D eigenvalue weighted by Crippen LogP contribution is -2.75. The van der Waals surface area contributed by atoms with Crippen LogP contribution in [0.3, 0.4) is 0 Å². The third-order valence-electron chi connectivity index (χ3n) is 17.9. The van der Waals surface area contributed by atoms with Crippen LogP contribution >= 0.6 is 0 Å². The summed E-state index contributed by atoms with van der Waals surface area (Å²) in [5.74, 6) is -0.594. The molecule has 1 aliphatic heterocycles. The number of unbranched alkanes of at least 4 members (excludes halogenated alkanes) is 2. The maximum absolute atomic E-state index is 13.6. The van der Waals surface area contributed by atoms with Crippen molar-refractivity contribution in [2.75, 3.05) is 19.8 Å². The Balaban J connectivity index is 1.33. The molecule has 7 N–H and O–H groups in total. The fraction of sp³-hybridized carbons (Fsp3) is 0.929. The van der Waals surface area contributed by atoms with Crippen molar-refractivity contribution in [3.63, 3.8) is 0 Å². The number of carboxylic acids is 1. The fourth-order valence-electron chi connectivity index (χ4n) is 15.2. The van der Waals surface area contributed by atoms with Gasteiger partial charge in [0.05, 0.1) is 30.8 Å². The molecule has 1 heterocycles. The second-order valence-corrected chi connectivity index (χ2v) is 19.9. The van der Waals surface area contributed by atoms with E-state index in [0.29, 0.717) is 25.7 Å². The van der Waals surface area contributed by atoms with E-state index >= 15 is 0 Å². The number of aliphatic hydroxyl groups excluding tert-OH is 6. The van der Waals surface area contributed by atoms with Gasteiger partial charge in [-0.2, -0.15) is 0 Å². The van der Waals surface area contributed by atoms with Gasteiger partial charge in [-0.05, 0) is 110 Å². The largest absolute Gasteiger partial charge is 0.481 e. The molecule has 0 aromatic carbocycles. The average Bonchev–Trinajstić information content (AvgIpc) is 3.09. The molecule has 6 fully saturated rings. The number of aliphatic carboxylic acids is 1. The SMILES string of the molecule is CCCCCC1CC2(C(=O)O)CCC(C)(CO)CC2C2=CCC34CCCC21C3(C)CCC1C(C)(CO)C(OC2OCC(O)C(O)C2O)C(O)CC14C. The van der Waals surface area contributed by atoms with E-state index in [1.807, 2.05) is 6.92 Å². The molecule has 1 saturated heterocycles. The average molecular weight is 733 g/mol. The number of hydrogen-bond donors (Lipinski definition) is 7. The maximum atomic E-state index is 13.6. The minimum Gasteiger partial charge on any atom is -0.481 e. The van der Waals surface area contributed by atoms with Gasteiger partial charge in [-0.1, -0.05) is 72.0 Å². The maximum Gasteiger partial charge on any atom is 0.310 e. The molecule has 296 valence electrons. The Hall–Kier alpha value is -1.11. The molecule has 7 aliphatic rings. The van der Waals surface area contributed by atoms with E-state index in [2.05, 4.69) is 33.8 Å². The van der Waals surface area contributed by atoms with E-state index < -0.39 is 59.0 Å². The number of carboxylic acid groups (broad SMARTS) is 1. The van der Waals surface area contributed by atoms with E-state index in [-0.39, 0.29) is 59.2 Å². The molecule has 0 radical (unpaired) electrons. The fourth-order valence-corrected chi connectivity index (χ4v) is 15.2.